The molecule has 0 fully saturated rings. The molecule has 18 heavy (non-hydrogen) atoms. The van der Waals surface area contributed by atoms with Gasteiger partial charge in [0, 0.05) is 25.5 Å². The first-order valence-electron chi connectivity index (χ1n) is 5.62. The zero-order valence-electron chi connectivity index (χ0n) is 10.2. The molecular weight excluding hydrogens is 224 g/mol. The maximum Gasteiger partial charge on any atom is 0.163 e. The van der Waals surface area contributed by atoms with Gasteiger partial charge in [0.15, 0.2) is 5.69 Å². The highest BCUT2D eigenvalue weighted by molar-refractivity contribution is 5.57. The van der Waals surface area contributed by atoms with Crippen molar-refractivity contribution in [2.75, 3.05) is 17.7 Å². The summed E-state index contributed by atoms with van der Waals surface area (Å²) in [5, 5.41) is 9.02. The summed E-state index contributed by atoms with van der Waals surface area (Å²) in [7, 11) is 1.92. The summed E-state index contributed by atoms with van der Waals surface area (Å²) in [6, 6.07) is 13.5. The lowest BCUT2D eigenvalue weighted by Crippen LogP contribution is -2.18. The van der Waals surface area contributed by atoms with Crippen LogP contribution < -0.4 is 10.6 Å². The summed E-state index contributed by atoms with van der Waals surface area (Å²) in [6.45, 7) is 0.646. The van der Waals surface area contributed by atoms with Gasteiger partial charge in [-0.3, -0.25) is 0 Å². The summed E-state index contributed by atoms with van der Waals surface area (Å²) < 4.78 is 0. The lowest BCUT2D eigenvalue weighted by molar-refractivity contribution is 0.916. The zero-order valence-corrected chi connectivity index (χ0v) is 10.2. The van der Waals surface area contributed by atoms with Crippen molar-refractivity contribution in [2.24, 2.45) is 0 Å². The van der Waals surface area contributed by atoms with E-state index in [0.29, 0.717) is 12.2 Å². The molecule has 0 amide bonds. The fraction of sp³-hybridized carbons (Fsp3) is 0.143. The number of nitriles is 1. The van der Waals surface area contributed by atoms with Crippen LogP contribution in [0.2, 0.25) is 0 Å². The standard InChI is InChI=1S/C14H14N4/c1-18(10-11-5-2-3-6-12(11)16)14-7-4-8-17-13(14)9-15/h2-8H,10,16H2,1H3. The minimum Gasteiger partial charge on any atom is -0.398 e. The lowest BCUT2D eigenvalue weighted by atomic mass is 10.1. The fourth-order valence-electron chi connectivity index (χ4n) is 1.81. The van der Waals surface area contributed by atoms with Gasteiger partial charge in [0.05, 0.1) is 5.69 Å². The largest absolute Gasteiger partial charge is 0.398 e. The van der Waals surface area contributed by atoms with Crippen molar-refractivity contribution >= 4 is 11.4 Å². The maximum absolute atomic E-state index is 9.02. The Labute approximate surface area is 106 Å². The molecular formula is C14H14N4. The van der Waals surface area contributed by atoms with E-state index >= 15 is 0 Å². The molecule has 0 aliphatic carbocycles. The number of nitrogens with zero attached hydrogens (tertiary/aromatic N) is 3. The van der Waals surface area contributed by atoms with Crippen LogP contribution in [0.1, 0.15) is 11.3 Å². The SMILES string of the molecule is CN(Cc1ccccc1N)c1cccnc1C#N. The van der Waals surface area contributed by atoms with Crippen molar-refractivity contribution in [1.82, 2.24) is 4.98 Å². The molecule has 90 valence electrons. The molecule has 1 heterocycles. The van der Waals surface area contributed by atoms with E-state index in [1.165, 1.54) is 0 Å². The Hall–Kier alpha value is -2.54. The van der Waals surface area contributed by atoms with E-state index in [0.717, 1.165) is 16.9 Å². The third-order valence-electron chi connectivity index (χ3n) is 2.77. The third-order valence-corrected chi connectivity index (χ3v) is 2.77. The van der Waals surface area contributed by atoms with Crippen LogP contribution in [-0.4, -0.2) is 12.0 Å². The smallest absolute Gasteiger partial charge is 0.163 e. The number of hydrogen-bond donors (Lipinski definition) is 1. The molecule has 0 bridgehead atoms. The van der Waals surface area contributed by atoms with E-state index in [2.05, 4.69) is 11.1 Å². The van der Waals surface area contributed by atoms with Crippen LogP contribution >= 0.6 is 0 Å². The molecule has 2 aromatic rings. The highest BCUT2D eigenvalue weighted by atomic mass is 15.1. The Balaban J connectivity index is 2.26. The fourth-order valence-corrected chi connectivity index (χ4v) is 1.81. The van der Waals surface area contributed by atoms with Crippen LogP contribution in [0.4, 0.5) is 11.4 Å². The number of aromatic nitrogens is 1. The van der Waals surface area contributed by atoms with Gasteiger partial charge < -0.3 is 10.6 Å². The van der Waals surface area contributed by atoms with Crippen LogP contribution in [0.3, 0.4) is 0 Å². The Morgan fingerprint density at radius 2 is 2.06 bits per heavy atom. The Morgan fingerprint density at radius 3 is 2.78 bits per heavy atom. The Bertz CT molecular complexity index is 586. The highest BCUT2D eigenvalue weighted by Gasteiger charge is 2.09. The van der Waals surface area contributed by atoms with Crippen LogP contribution in [0.5, 0.6) is 0 Å². The van der Waals surface area contributed by atoms with Gasteiger partial charge in [0.1, 0.15) is 6.07 Å². The van der Waals surface area contributed by atoms with Crippen molar-refractivity contribution in [1.29, 1.82) is 5.26 Å². The molecule has 0 saturated heterocycles. The van der Waals surface area contributed by atoms with E-state index in [1.54, 1.807) is 6.20 Å². The predicted octanol–water partition coefficient (Wildman–Crippen LogP) is 2.17. The minimum atomic E-state index is 0.425. The normalized spacial score (nSPS) is 9.78. The Morgan fingerprint density at radius 1 is 1.28 bits per heavy atom. The number of nitrogens with two attached hydrogens (primary N) is 1. The van der Waals surface area contributed by atoms with Gasteiger partial charge in [-0.1, -0.05) is 18.2 Å². The molecule has 1 aromatic heterocycles. The first-order valence-corrected chi connectivity index (χ1v) is 5.62. The number of nitrogen functional groups attached to an aromatic ring is 1. The van der Waals surface area contributed by atoms with Crippen LogP contribution in [-0.2, 0) is 6.54 Å². The van der Waals surface area contributed by atoms with Crippen molar-refractivity contribution in [3.63, 3.8) is 0 Å². The average Bonchev–Trinajstić information content (AvgIpc) is 2.41. The number of benzene rings is 1. The molecule has 4 nitrogen and oxygen atoms in total. The molecule has 0 aliphatic heterocycles. The maximum atomic E-state index is 9.02. The topological polar surface area (TPSA) is 65.9 Å². The van der Waals surface area contributed by atoms with Gasteiger partial charge >= 0.3 is 0 Å². The first kappa shape index (κ1) is 11.9. The lowest BCUT2D eigenvalue weighted by Gasteiger charge is -2.20. The number of anilines is 2. The second kappa shape index (κ2) is 5.19. The second-order valence-electron chi connectivity index (χ2n) is 4.04. The van der Waals surface area contributed by atoms with Crippen molar-refractivity contribution in [2.45, 2.75) is 6.54 Å². The van der Waals surface area contributed by atoms with Crippen LogP contribution in [0.25, 0.3) is 0 Å². The first-order chi connectivity index (χ1) is 8.72. The van der Waals surface area contributed by atoms with E-state index < -0.39 is 0 Å². The summed E-state index contributed by atoms with van der Waals surface area (Å²) in [4.78, 5) is 6.02. The molecule has 0 atom stereocenters. The number of rotatable bonds is 3. The average molecular weight is 238 g/mol. The number of para-hydroxylation sites is 1. The summed E-state index contributed by atoms with van der Waals surface area (Å²) >= 11 is 0. The van der Waals surface area contributed by atoms with Gasteiger partial charge in [-0.2, -0.15) is 5.26 Å². The molecule has 2 rings (SSSR count). The minimum absolute atomic E-state index is 0.425. The van der Waals surface area contributed by atoms with Gasteiger partial charge in [-0.25, -0.2) is 4.98 Å². The number of hydrogen-bond acceptors (Lipinski definition) is 4. The molecule has 0 spiro atoms. The molecule has 0 radical (unpaired) electrons. The molecule has 2 N–H and O–H groups in total. The van der Waals surface area contributed by atoms with E-state index in [4.69, 9.17) is 11.0 Å². The Kier molecular flexibility index (Phi) is 3.44. The van der Waals surface area contributed by atoms with Gasteiger partial charge in [-0.15, -0.1) is 0 Å². The second-order valence-corrected chi connectivity index (χ2v) is 4.04. The quantitative estimate of drug-likeness (QED) is 0.832. The predicted molar refractivity (Wildman–Crippen MR) is 71.9 cm³/mol. The number of pyridine rings is 1. The summed E-state index contributed by atoms with van der Waals surface area (Å²) in [5.74, 6) is 0. The molecule has 0 aliphatic rings. The van der Waals surface area contributed by atoms with Gasteiger partial charge in [0.2, 0.25) is 0 Å². The van der Waals surface area contributed by atoms with Crippen LogP contribution in [0.15, 0.2) is 42.6 Å². The van der Waals surface area contributed by atoms with E-state index in [1.807, 2.05) is 48.3 Å². The molecule has 0 saturated carbocycles. The van der Waals surface area contributed by atoms with Crippen LogP contribution in [0, 0.1) is 11.3 Å². The van der Waals surface area contributed by atoms with Crippen molar-refractivity contribution in [3.05, 3.63) is 53.9 Å². The van der Waals surface area contributed by atoms with Crippen molar-refractivity contribution < 1.29 is 0 Å². The van der Waals surface area contributed by atoms with Gasteiger partial charge in [-0.05, 0) is 23.8 Å². The van der Waals surface area contributed by atoms with Crippen molar-refractivity contribution in [3.8, 4) is 6.07 Å². The molecule has 0 unspecified atom stereocenters. The highest BCUT2D eigenvalue weighted by Crippen LogP contribution is 2.20. The zero-order chi connectivity index (χ0) is 13.0. The monoisotopic (exact) mass is 238 g/mol. The summed E-state index contributed by atoms with van der Waals surface area (Å²) in [6.07, 6.45) is 1.62. The third kappa shape index (κ3) is 2.41. The summed E-state index contributed by atoms with van der Waals surface area (Å²) in [5.41, 5.74) is 8.94. The van der Waals surface area contributed by atoms with E-state index in [9.17, 15) is 0 Å². The van der Waals surface area contributed by atoms with E-state index in [-0.39, 0.29) is 0 Å². The van der Waals surface area contributed by atoms with Gasteiger partial charge in [0.25, 0.3) is 0 Å². The molecule has 4 heteroatoms. The molecule has 1 aromatic carbocycles.